The molecule has 3 N–H and O–H groups in total. The van der Waals surface area contributed by atoms with Gasteiger partial charge in [0.15, 0.2) is 5.65 Å². The Bertz CT molecular complexity index is 565. The van der Waals surface area contributed by atoms with Gasteiger partial charge in [0.1, 0.15) is 11.8 Å². The lowest BCUT2D eigenvalue weighted by Crippen LogP contribution is -2.06. The lowest BCUT2D eigenvalue weighted by molar-refractivity contribution is 0.963. The molecule has 7 heteroatoms. The van der Waals surface area contributed by atoms with Gasteiger partial charge in [-0.2, -0.15) is 4.98 Å². The maximum Gasteiger partial charge on any atom is 0.202 e. The van der Waals surface area contributed by atoms with E-state index in [2.05, 4.69) is 35.2 Å². The van der Waals surface area contributed by atoms with Crippen LogP contribution in [0.5, 0.6) is 0 Å². The number of H-pyrrole nitrogens is 2. The summed E-state index contributed by atoms with van der Waals surface area (Å²) in [6.07, 6.45) is 7.54. The third-order valence-corrected chi connectivity index (χ3v) is 2.40. The van der Waals surface area contributed by atoms with Gasteiger partial charge >= 0.3 is 0 Å². The van der Waals surface area contributed by atoms with Crippen molar-refractivity contribution in [3.8, 4) is 0 Å². The zero-order chi connectivity index (χ0) is 11.5. The summed E-state index contributed by atoms with van der Waals surface area (Å²) in [5.74, 6) is 0.708. The Labute approximate surface area is 96.7 Å². The zero-order valence-electron chi connectivity index (χ0n) is 9.01. The molecule has 0 bridgehead atoms. The fourth-order valence-corrected chi connectivity index (χ4v) is 1.58. The molecule has 3 aromatic heterocycles. The number of nitrogens with one attached hydrogen (secondary N) is 3. The molecule has 0 saturated heterocycles. The Hall–Kier alpha value is -2.44. The van der Waals surface area contributed by atoms with Crippen LogP contribution >= 0.6 is 0 Å². The van der Waals surface area contributed by atoms with Crippen molar-refractivity contribution in [2.75, 3.05) is 11.9 Å². The first-order valence-corrected chi connectivity index (χ1v) is 5.28. The first-order valence-electron chi connectivity index (χ1n) is 5.28. The minimum atomic E-state index is 0.670. The summed E-state index contributed by atoms with van der Waals surface area (Å²) in [4.78, 5) is 22.4. The minimum Gasteiger partial charge on any atom is -0.355 e. The first kappa shape index (κ1) is 9.76. The van der Waals surface area contributed by atoms with E-state index in [1.165, 1.54) is 6.33 Å². The second-order valence-electron chi connectivity index (χ2n) is 3.60. The Balaban J connectivity index is 1.65. The van der Waals surface area contributed by atoms with Gasteiger partial charge in [0.25, 0.3) is 0 Å². The number of hydrogen-bond donors (Lipinski definition) is 3. The van der Waals surface area contributed by atoms with Gasteiger partial charge in [0.05, 0.1) is 12.5 Å². The number of hydrogen-bond acceptors (Lipinski definition) is 5. The quantitative estimate of drug-likeness (QED) is 0.613. The second-order valence-corrected chi connectivity index (χ2v) is 3.60. The van der Waals surface area contributed by atoms with Crippen LogP contribution in [0.4, 0.5) is 5.95 Å². The molecule has 0 aromatic carbocycles. The molecule has 3 rings (SSSR count). The molecule has 3 heterocycles. The summed E-state index contributed by atoms with van der Waals surface area (Å²) in [7, 11) is 0. The molecular weight excluding hydrogens is 218 g/mol. The molecule has 0 atom stereocenters. The lowest BCUT2D eigenvalue weighted by Gasteiger charge is -1.99. The second kappa shape index (κ2) is 4.20. The molecule has 0 amide bonds. The van der Waals surface area contributed by atoms with E-state index in [0.29, 0.717) is 11.6 Å². The summed E-state index contributed by atoms with van der Waals surface area (Å²) in [5.41, 5.74) is 2.59. The van der Waals surface area contributed by atoms with Gasteiger partial charge < -0.3 is 15.3 Å². The minimum absolute atomic E-state index is 0.670. The van der Waals surface area contributed by atoms with E-state index < -0.39 is 0 Å². The first-order chi connectivity index (χ1) is 8.42. The molecule has 0 unspecified atom stereocenters. The molecule has 86 valence electrons. The number of nitrogens with zero attached hydrogens (tertiary/aromatic N) is 4. The van der Waals surface area contributed by atoms with Crippen LogP contribution in [0.2, 0.25) is 0 Å². The topological polar surface area (TPSA) is 95.2 Å². The summed E-state index contributed by atoms with van der Waals surface area (Å²) < 4.78 is 0. The molecule has 0 fully saturated rings. The van der Waals surface area contributed by atoms with Crippen molar-refractivity contribution < 1.29 is 0 Å². The van der Waals surface area contributed by atoms with Crippen LogP contribution in [0, 0.1) is 0 Å². The Kier molecular flexibility index (Phi) is 2.41. The smallest absolute Gasteiger partial charge is 0.202 e. The van der Waals surface area contributed by atoms with Crippen molar-refractivity contribution in [3.63, 3.8) is 0 Å². The van der Waals surface area contributed by atoms with Crippen LogP contribution in [0.15, 0.2) is 25.0 Å². The molecule has 0 radical (unpaired) electrons. The summed E-state index contributed by atoms with van der Waals surface area (Å²) in [6.45, 7) is 0.773. The molecule has 17 heavy (non-hydrogen) atoms. The Morgan fingerprint density at radius 2 is 2.24 bits per heavy atom. The van der Waals surface area contributed by atoms with E-state index in [1.54, 1.807) is 12.5 Å². The van der Waals surface area contributed by atoms with E-state index in [0.717, 1.165) is 24.2 Å². The SMILES string of the molecule is c1ncc2[nH]c(NCCc3cnc[nH]3)nc2n1. The van der Waals surface area contributed by atoms with Gasteiger partial charge in [0.2, 0.25) is 5.95 Å². The number of aromatic nitrogens is 6. The van der Waals surface area contributed by atoms with Crippen molar-refractivity contribution in [1.29, 1.82) is 0 Å². The highest BCUT2D eigenvalue weighted by molar-refractivity contribution is 5.71. The van der Waals surface area contributed by atoms with Crippen LogP contribution in [-0.2, 0) is 6.42 Å². The van der Waals surface area contributed by atoms with Gasteiger partial charge in [-0.3, -0.25) is 0 Å². The largest absolute Gasteiger partial charge is 0.355 e. The van der Waals surface area contributed by atoms with E-state index in [-0.39, 0.29) is 0 Å². The molecule has 0 saturated carbocycles. The van der Waals surface area contributed by atoms with Gasteiger partial charge in [-0.1, -0.05) is 0 Å². The predicted octanol–water partition coefficient (Wildman–Crippen LogP) is 0.731. The van der Waals surface area contributed by atoms with Crippen molar-refractivity contribution in [3.05, 3.63) is 30.7 Å². The van der Waals surface area contributed by atoms with Crippen LogP contribution in [0.3, 0.4) is 0 Å². The number of aromatic amines is 2. The summed E-state index contributed by atoms with van der Waals surface area (Å²) in [5, 5.41) is 3.19. The maximum absolute atomic E-state index is 4.29. The number of imidazole rings is 2. The predicted molar refractivity (Wildman–Crippen MR) is 62.5 cm³/mol. The molecule has 0 aliphatic carbocycles. The van der Waals surface area contributed by atoms with E-state index in [4.69, 9.17) is 0 Å². The average molecular weight is 229 g/mol. The highest BCUT2D eigenvalue weighted by atomic mass is 15.1. The van der Waals surface area contributed by atoms with Gasteiger partial charge in [-0.25, -0.2) is 15.0 Å². The molecule has 7 nitrogen and oxygen atoms in total. The van der Waals surface area contributed by atoms with Crippen LogP contribution < -0.4 is 5.32 Å². The Morgan fingerprint density at radius 1 is 1.24 bits per heavy atom. The molecular formula is C10H11N7. The highest BCUT2D eigenvalue weighted by Crippen LogP contribution is 2.09. The molecule has 3 aromatic rings. The van der Waals surface area contributed by atoms with Crippen molar-refractivity contribution in [2.24, 2.45) is 0 Å². The average Bonchev–Trinajstić information content (AvgIpc) is 2.96. The van der Waals surface area contributed by atoms with Crippen molar-refractivity contribution in [1.82, 2.24) is 29.9 Å². The van der Waals surface area contributed by atoms with Crippen molar-refractivity contribution in [2.45, 2.75) is 6.42 Å². The standard InChI is InChI=1S/C10H11N7/c1(7-3-11-5-14-7)2-13-10-16-8-4-12-6-15-9(8)17-10/h3-6H,1-2H2,(H,11,14)(H2,12,13,15,16,17). The normalized spacial score (nSPS) is 10.8. The number of rotatable bonds is 4. The van der Waals surface area contributed by atoms with Gasteiger partial charge in [-0.05, 0) is 0 Å². The number of anilines is 1. The molecule has 0 aliphatic heterocycles. The Morgan fingerprint density at radius 3 is 3.06 bits per heavy atom. The fraction of sp³-hybridized carbons (Fsp3) is 0.200. The maximum atomic E-state index is 4.29. The van der Waals surface area contributed by atoms with Crippen LogP contribution in [-0.4, -0.2) is 36.4 Å². The van der Waals surface area contributed by atoms with E-state index >= 15 is 0 Å². The van der Waals surface area contributed by atoms with Gasteiger partial charge in [-0.15, -0.1) is 0 Å². The van der Waals surface area contributed by atoms with Gasteiger partial charge in [0, 0.05) is 24.9 Å². The monoisotopic (exact) mass is 229 g/mol. The van der Waals surface area contributed by atoms with E-state index in [1.807, 2.05) is 6.20 Å². The number of fused-ring (bicyclic) bond motifs is 1. The van der Waals surface area contributed by atoms with Crippen LogP contribution in [0.1, 0.15) is 5.69 Å². The summed E-state index contributed by atoms with van der Waals surface area (Å²) in [6, 6.07) is 0. The molecule has 0 aliphatic rings. The third kappa shape index (κ3) is 2.07. The summed E-state index contributed by atoms with van der Waals surface area (Å²) >= 11 is 0. The van der Waals surface area contributed by atoms with E-state index in [9.17, 15) is 0 Å². The molecule has 0 spiro atoms. The highest BCUT2D eigenvalue weighted by Gasteiger charge is 2.02. The van der Waals surface area contributed by atoms with Crippen LogP contribution in [0.25, 0.3) is 11.2 Å². The third-order valence-electron chi connectivity index (χ3n) is 2.40. The zero-order valence-corrected chi connectivity index (χ0v) is 9.01. The lowest BCUT2D eigenvalue weighted by atomic mass is 10.3. The van der Waals surface area contributed by atoms with Crippen molar-refractivity contribution >= 4 is 17.1 Å². The fourth-order valence-electron chi connectivity index (χ4n) is 1.58.